The van der Waals surface area contributed by atoms with Crippen molar-refractivity contribution in [1.82, 2.24) is 10.2 Å². The molecular formula is C21H38N2O2. The summed E-state index contributed by atoms with van der Waals surface area (Å²) in [7, 11) is 0. The Morgan fingerprint density at radius 3 is 2.16 bits per heavy atom. The second-order valence-electron chi connectivity index (χ2n) is 9.65. The van der Waals surface area contributed by atoms with Gasteiger partial charge in [-0.05, 0) is 30.6 Å². The molecule has 0 radical (unpaired) electrons. The highest BCUT2D eigenvalue weighted by Crippen LogP contribution is 2.51. The van der Waals surface area contributed by atoms with E-state index in [1.165, 1.54) is 38.5 Å². The molecule has 2 atom stereocenters. The largest absolute Gasteiger partial charge is 0.396 e. The van der Waals surface area contributed by atoms with Crippen molar-refractivity contribution in [2.45, 2.75) is 65.2 Å². The second-order valence-corrected chi connectivity index (χ2v) is 9.65. The van der Waals surface area contributed by atoms with Crippen LogP contribution in [-0.2, 0) is 4.79 Å². The van der Waals surface area contributed by atoms with Crippen LogP contribution in [0.3, 0.4) is 0 Å². The fraction of sp³-hybridized carbons (Fsp3) is 0.952. The molecule has 2 saturated carbocycles. The summed E-state index contributed by atoms with van der Waals surface area (Å²) in [5.41, 5.74) is -0.00257. The predicted molar refractivity (Wildman–Crippen MR) is 101 cm³/mol. The van der Waals surface area contributed by atoms with Crippen LogP contribution in [0.5, 0.6) is 0 Å². The van der Waals surface area contributed by atoms with Gasteiger partial charge in [-0.25, -0.2) is 0 Å². The van der Waals surface area contributed by atoms with E-state index < -0.39 is 0 Å². The highest BCUT2D eigenvalue weighted by molar-refractivity contribution is 5.78. The number of likely N-dealkylation sites (tertiary alicyclic amines) is 1. The predicted octanol–water partition coefficient (Wildman–Crippen LogP) is 3.05. The zero-order valence-corrected chi connectivity index (χ0v) is 16.3. The number of carbonyl (C=O) groups is 1. The summed E-state index contributed by atoms with van der Waals surface area (Å²) in [6.45, 7) is 8.69. The summed E-state index contributed by atoms with van der Waals surface area (Å²) in [6, 6.07) is 0. The average Bonchev–Trinajstić information content (AvgIpc) is 3.02. The lowest BCUT2D eigenvalue weighted by atomic mass is 9.94. The summed E-state index contributed by atoms with van der Waals surface area (Å²) in [5.74, 6) is 2.84. The molecule has 1 amide bonds. The first-order valence-corrected chi connectivity index (χ1v) is 10.6. The van der Waals surface area contributed by atoms with Crippen molar-refractivity contribution in [3.63, 3.8) is 0 Å². The van der Waals surface area contributed by atoms with Crippen molar-refractivity contribution in [1.29, 1.82) is 0 Å². The first kappa shape index (κ1) is 19.2. The van der Waals surface area contributed by atoms with Crippen molar-refractivity contribution in [2.75, 3.05) is 32.8 Å². The summed E-state index contributed by atoms with van der Waals surface area (Å²) >= 11 is 0. The molecule has 0 bridgehead atoms. The molecule has 3 rings (SSSR count). The molecule has 2 unspecified atom stereocenters. The number of rotatable bonds is 6. The molecule has 2 aliphatic carbocycles. The van der Waals surface area contributed by atoms with Crippen LogP contribution in [0.15, 0.2) is 0 Å². The molecule has 0 aromatic heterocycles. The number of aliphatic hydroxyl groups is 1. The molecule has 0 spiro atoms. The Kier molecular flexibility index (Phi) is 6.43. The smallest absolute Gasteiger partial charge is 0.223 e. The maximum Gasteiger partial charge on any atom is 0.223 e. The minimum atomic E-state index is -0.00257. The Morgan fingerprint density at radius 1 is 1.04 bits per heavy atom. The molecule has 4 heteroatoms. The zero-order valence-electron chi connectivity index (χ0n) is 16.3. The van der Waals surface area contributed by atoms with E-state index in [-0.39, 0.29) is 17.9 Å². The zero-order chi connectivity index (χ0) is 17.9. The van der Waals surface area contributed by atoms with Gasteiger partial charge in [0.25, 0.3) is 0 Å². The fourth-order valence-electron chi connectivity index (χ4n) is 5.08. The van der Waals surface area contributed by atoms with Gasteiger partial charge in [-0.1, -0.05) is 52.4 Å². The Hall–Kier alpha value is -0.610. The first-order valence-electron chi connectivity index (χ1n) is 10.6. The standard InChI is InChI=1S/C21H38N2O2/c1-21(2,15-24)14-23-12-18-17(19(18)13-23)11-22-20(25)16-9-7-5-3-4-6-8-10-16/h16-19,24H,3-15H2,1-2H3,(H,22,25). The van der Waals surface area contributed by atoms with E-state index in [2.05, 4.69) is 24.1 Å². The van der Waals surface area contributed by atoms with Gasteiger partial charge in [0.05, 0.1) is 0 Å². The Balaban J connectivity index is 1.36. The van der Waals surface area contributed by atoms with Gasteiger partial charge in [0.1, 0.15) is 0 Å². The molecule has 4 nitrogen and oxygen atoms in total. The molecule has 0 aromatic carbocycles. The number of fused-ring (bicyclic) bond motifs is 1. The molecule has 0 aromatic rings. The van der Waals surface area contributed by atoms with E-state index in [1.807, 2.05) is 0 Å². The van der Waals surface area contributed by atoms with Crippen molar-refractivity contribution in [3.8, 4) is 0 Å². The SMILES string of the molecule is CC(C)(CO)CN1CC2C(CNC(=O)C3CCCCCCCC3)C2C1. The van der Waals surface area contributed by atoms with E-state index in [9.17, 15) is 9.90 Å². The van der Waals surface area contributed by atoms with Crippen LogP contribution in [0, 0.1) is 29.1 Å². The second kappa shape index (κ2) is 8.39. The molecule has 3 fully saturated rings. The molecule has 1 aliphatic heterocycles. The summed E-state index contributed by atoms with van der Waals surface area (Å²) in [4.78, 5) is 15.1. The number of aliphatic hydroxyl groups excluding tert-OH is 1. The molecule has 1 heterocycles. The average molecular weight is 351 g/mol. The van der Waals surface area contributed by atoms with Crippen molar-refractivity contribution < 1.29 is 9.90 Å². The maximum absolute atomic E-state index is 12.6. The normalized spacial score (nSPS) is 31.7. The maximum atomic E-state index is 12.6. The molecule has 144 valence electrons. The van der Waals surface area contributed by atoms with Gasteiger partial charge in [0, 0.05) is 44.1 Å². The van der Waals surface area contributed by atoms with Gasteiger partial charge >= 0.3 is 0 Å². The highest BCUT2D eigenvalue weighted by atomic mass is 16.3. The number of nitrogens with zero attached hydrogens (tertiary/aromatic N) is 1. The minimum Gasteiger partial charge on any atom is -0.396 e. The fourth-order valence-corrected chi connectivity index (χ4v) is 5.08. The van der Waals surface area contributed by atoms with Crippen LogP contribution in [0.25, 0.3) is 0 Å². The van der Waals surface area contributed by atoms with Gasteiger partial charge in [-0.2, -0.15) is 0 Å². The summed E-state index contributed by atoms with van der Waals surface area (Å²) in [5, 5.41) is 12.7. The van der Waals surface area contributed by atoms with Crippen LogP contribution < -0.4 is 5.32 Å². The third-order valence-electron chi connectivity index (χ3n) is 6.76. The van der Waals surface area contributed by atoms with Crippen molar-refractivity contribution >= 4 is 5.91 Å². The number of hydrogen-bond acceptors (Lipinski definition) is 3. The molecule has 3 aliphatic rings. The van der Waals surface area contributed by atoms with E-state index in [0.717, 1.165) is 50.9 Å². The third-order valence-corrected chi connectivity index (χ3v) is 6.76. The lowest BCUT2D eigenvalue weighted by Crippen LogP contribution is -2.38. The topological polar surface area (TPSA) is 52.6 Å². The van der Waals surface area contributed by atoms with Crippen LogP contribution in [0.2, 0.25) is 0 Å². The van der Waals surface area contributed by atoms with E-state index >= 15 is 0 Å². The van der Waals surface area contributed by atoms with E-state index in [4.69, 9.17) is 0 Å². The highest BCUT2D eigenvalue weighted by Gasteiger charge is 2.55. The third kappa shape index (κ3) is 5.19. The minimum absolute atomic E-state index is 0.00257. The number of nitrogens with one attached hydrogen (secondary N) is 1. The van der Waals surface area contributed by atoms with Gasteiger partial charge < -0.3 is 15.3 Å². The van der Waals surface area contributed by atoms with Gasteiger partial charge in [0.2, 0.25) is 5.91 Å². The van der Waals surface area contributed by atoms with Gasteiger partial charge in [-0.15, -0.1) is 0 Å². The molecule has 1 saturated heterocycles. The van der Waals surface area contributed by atoms with Crippen LogP contribution in [-0.4, -0.2) is 48.7 Å². The summed E-state index contributed by atoms with van der Waals surface area (Å²) in [6.07, 6.45) is 9.94. The van der Waals surface area contributed by atoms with Crippen LogP contribution >= 0.6 is 0 Å². The number of hydrogen-bond donors (Lipinski definition) is 2. The lowest BCUT2D eigenvalue weighted by molar-refractivity contribution is -0.125. The Labute approximate surface area is 153 Å². The number of carbonyl (C=O) groups excluding carboxylic acids is 1. The molecular weight excluding hydrogens is 312 g/mol. The number of piperidine rings is 1. The van der Waals surface area contributed by atoms with Crippen molar-refractivity contribution in [2.24, 2.45) is 29.1 Å². The van der Waals surface area contributed by atoms with Gasteiger partial charge in [-0.3, -0.25) is 4.79 Å². The lowest BCUT2D eigenvalue weighted by Gasteiger charge is -2.29. The molecule has 25 heavy (non-hydrogen) atoms. The Morgan fingerprint density at radius 2 is 1.60 bits per heavy atom. The summed E-state index contributed by atoms with van der Waals surface area (Å²) < 4.78 is 0. The first-order chi connectivity index (χ1) is 12.0. The van der Waals surface area contributed by atoms with Crippen LogP contribution in [0.1, 0.15) is 65.2 Å². The van der Waals surface area contributed by atoms with Gasteiger partial charge in [0.15, 0.2) is 0 Å². The van der Waals surface area contributed by atoms with Crippen molar-refractivity contribution in [3.05, 3.63) is 0 Å². The quantitative estimate of drug-likeness (QED) is 0.774. The van der Waals surface area contributed by atoms with E-state index in [0.29, 0.717) is 11.8 Å². The Bertz CT molecular complexity index is 429. The monoisotopic (exact) mass is 350 g/mol. The van der Waals surface area contributed by atoms with Crippen LogP contribution in [0.4, 0.5) is 0 Å². The molecule has 2 N–H and O–H groups in total. The van der Waals surface area contributed by atoms with E-state index in [1.54, 1.807) is 0 Å². The number of amides is 1.